The van der Waals surface area contributed by atoms with Crippen molar-refractivity contribution in [2.45, 2.75) is 71.8 Å². The van der Waals surface area contributed by atoms with Crippen molar-refractivity contribution in [3.63, 3.8) is 0 Å². The number of ether oxygens (including phenoxy) is 2. The number of carbonyl (C=O) groups is 2. The number of nitrogens with zero attached hydrogens (tertiary/aromatic N) is 2. The summed E-state index contributed by atoms with van der Waals surface area (Å²) in [6, 6.07) is 17.9. The molecule has 0 bridgehead atoms. The maximum atomic E-state index is 12.6. The Morgan fingerprint density at radius 3 is 2.51 bits per heavy atom. The average molecular weight is 529 g/mol. The molecule has 1 aliphatic rings. The van der Waals surface area contributed by atoms with Crippen LogP contribution in [0, 0.1) is 11.8 Å². The first-order valence-electron chi connectivity index (χ1n) is 13.2. The van der Waals surface area contributed by atoms with Gasteiger partial charge in [0.2, 0.25) is 0 Å². The summed E-state index contributed by atoms with van der Waals surface area (Å²) in [5.41, 5.74) is 4.81. The second kappa shape index (κ2) is 12.2. The van der Waals surface area contributed by atoms with Gasteiger partial charge in [-0.2, -0.15) is 0 Å². The van der Waals surface area contributed by atoms with Crippen LogP contribution in [-0.4, -0.2) is 38.8 Å². The van der Waals surface area contributed by atoms with Gasteiger partial charge in [0, 0.05) is 37.9 Å². The van der Waals surface area contributed by atoms with Crippen LogP contribution < -0.4 is 4.74 Å². The molecular formula is C32H36N2O5. The summed E-state index contributed by atoms with van der Waals surface area (Å²) >= 11 is 0. The maximum Gasteiger partial charge on any atom is 0.418 e. The van der Waals surface area contributed by atoms with Crippen LogP contribution in [0.15, 0.2) is 60.8 Å². The van der Waals surface area contributed by atoms with Crippen LogP contribution in [0.2, 0.25) is 0 Å². The standard InChI is InChI=1S/C32H36N2O5/c1-5-7-26(19-30(35)36)25-10-12-28(13-11-25)38-22-24-9-6-8-23(18-24)20-33-16-15-29-27(21-33)14-17-34(29)31(37)39-32(2,3)4/h6,8-14,17-18,26H,15-16,19-22H2,1-4H3,(H,35,36)/t26-/m0/s1. The lowest BCUT2D eigenvalue weighted by atomic mass is 9.96. The van der Waals surface area contributed by atoms with E-state index in [4.69, 9.17) is 14.6 Å². The molecule has 0 fully saturated rings. The zero-order chi connectivity index (χ0) is 28.0. The fourth-order valence-corrected chi connectivity index (χ4v) is 4.77. The van der Waals surface area contributed by atoms with Crippen LogP contribution >= 0.6 is 0 Å². The average Bonchev–Trinajstić information content (AvgIpc) is 3.30. The van der Waals surface area contributed by atoms with Gasteiger partial charge in [-0.25, -0.2) is 4.79 Å². The minimum absolute atomic E-state index is 0.0261. The number of carbonyl (C=O) groups excluding carboxylic acids is 1. The Hall–Kier alpha value is -4.02. The van der Waals surface area contributed by atoms with Gasteiger partial charge < -0.3 is 14.6 Å². The van der Waals surface area contributed by atoms with Crippen molar-refractivity contribution < 1.29 is 24.2 Å². The molecular weight excluding hydrogens is 492 g/mol. The Kier molecular flexibility index (Phi) is 8.78. The monoisotopic (exact) mass is 528 g/mol. The summed E-state index contributed by atoms with van der Waals surface area (Å²) in [6.45, 7) is 10.2. The molecule has 0 saturated carbocycles. The van der Waals surface area contributed by atoms with E-state index in [1.54, 1.807) is 11.5 Å². The summed E-state index contributed by atoms with van der Waals surface area (Å²) in [5.74, 6) is 5.31. The van der Waals surface area contributed by atoms with Gasteiger partial charge in [-0.15, -0.1) is 5.92 Å². The molecule has 7 heteroatoms. The van der Waals surface area contributed by atoms with Gasteiger partial charge in [-0.1, -0.05) is 42.3 Å². The normalized spacial score (nSPS) is 14.1. The number of hydrogen-bond acceptors (Lipinski definition) is 5. The van der Waals surface area contributed by atoms with Crippen LogP contribution in [0.4, 0.5) is 4.79 Å². The topological polar surface area (TPSA) is 81.0 Å². The van der Waals surface area contributed by atoms with Gasteiger partial charge in [0.1, 0.15) is 18.0 Å². The number of benzene rings is 2. The molecule has 39 heavy (non-hydrogen) atoms. The first-order chi connectivity index (χ1) is 18.6. The van der Waals surface area contributed by atoms with E-state index in [-0.39, 0.29) is 18.4 Å². The number of rotatable bonds is 8. The predicted molar refractivity (Wildman–Crippen MR) is 150 cm³/mol. The second-order valence-corrected chi connectivity index (χ2v) is 10.8. The molecule has 0 saturated heterocycles. The van der Waals surface area contributed by atoms with E-state index in [1.807, 2.05) is 69.4 Å². The van der Waals surface area contributed by atoms with Gasteiger partial charge in [-0.3, -0.25) is 14.3 Å². The van der Waals surface area contributed by atoms with Gasteiger partial charge in [0.25, 0.3) is 0 Å². The molecule has 0 aliphatic carbocycles. The maximum absolute atomic E-state index is 12.6. The van der Waals surface area contributed by atoms with Crippen molar-refractivity contribution in [1.29, 1.82) is 0 Å². The highest BCUT2D eigenvalue weighted by atomic mass is 16.6. The number of aromatic nitrogens is 1. The van der Waals surface area contributed by atoms with E-state index in [0.717, 1.165) is 54.2 Å². The van der Waals surface area contributed by atoms with Gasteiger partial charge >= 0.3 is 12.1 Å². The van der Waals surface area contributed by atoms with E-state index in [1.165, 1.54) is 5.56 Å². The molecule has 1 aliphatic heterocycles. The first-order valence-corrected chi connectivity index (χ1v) is 13.2. The largest absolute Gasteiger partial charge is 0.489 e. The molecule has 1 N–H and O–H groups in total. The SMILES string of the molecule is CC#C[C@@H](CC(=O)O)c1ccc(OCc2cccc(CN3CCc4c(ccn4C(=O)OC(C)(C)C)C3)c2)cc1. The number of hydrogen-bond donors (Lipinski definition) is 1. The van der Waals surface area contributed by atoms with Crippen molar-refractivity contribution in [3.8, 4) is 17.6 Å². The molecule has 0 amide bonds. The minimum atomic E-state index is -0.868. The highest BCUT2D eigenvalue weighted by molar-refractivity contribution is 5.72. The third kappa shape index (κ3) is 7.75. The Morgan fingerprint density at radius 2 is 1.82 bits per heavy atom. The van der Waals surface area contributed by atoms with E-state index in [2.05, 4.69) is 28.9 Å². The Labute approximate surface area is 230 Å². The molecule has 4 rings (SSSR count). The Balaban J connectivity index is 1.33. The third-order valence-corrected chi connectivity index (χ3v) is 6.52. The molecule has 2 aromatic carbocycles. The summed E-state index contributed by atoms with van der Waals surface area (Å²) in [4.78, 5) is 26.1. The lowest BCUT2D eigenvalue weighted by molar-refractivity contribution is -0.137. The number of fused-ring (bicyclic) bond motifs is 1. The van der Waals surface area contributed by atoms with Crippen molar-refractivity contribution >= 4 is 12.1 Å². The number of carboxylic acids is 1. The molecule has 0 unspecified atom stereocenters. The molecule has 2 heterocycles. The van der Waals surface area contributed by atoms with Crippen molar-refractivity contribution in [3.05, 3.63) is 88.7 Å². The fraction of sp³-hybridized carbons (Fsp3) is 0.375. The Bertz CT molecular complexity index is 1370. The quantitative estimate of drug-likeness (QED) is 0.362. The molecule has 0 spiro atoms. The lowest BCUT2D eigenvalue weighted by Gasteiger charge is -2.28. The zero-order valence-corrected chi connectivity index (χ0v) is 23.1. The second-order valence-electron chi connectivity index (χ2n) is 10.8. The van der Waals surface area contributed by atoms with Crippen LogP contribution in [0.1, 0.15) is 68.0 Å². The lowest BCUT2D eigenvalue weighted by Crippen LogP contribution is -2.33. The van der Waals surface area contributed by atoms with E-state index in [9.17, 15) is 9.59 Å². The van der Waals surface area contributed by atoms with Gasteiger partial charge in [0.15, 0.2) is 0 Å². The van der Waals surface area contributed by atoms with Crippen molar-refractivity contribution in [2.24, 2.45) is 0 Å². The molecule has 0 radical (unpaired) electrons. The van der Waals surface area contributed by atoms with E-state index in [0.29, 0.717) is 6.61 Å². The van der Waals surface area contributed by atoms with Gasteiger partial charge in [-0.05, 0) is 68.1 Å². The van der Waals surface area contributed by atoms with E-state index < -0.39 is 11.6 Å². The summed E-state index contributed by atoms with van der Waals surface area (Å²) in [7, 11) is 0. The number of carboxylic acid groups (broad SMARTS) is 1. The fourth-order valence-electron chi connectivity index (χ4n) is 4.77. The molecule has 7 nitrogen and oxygen atoms in total. The molecule has 1 atom stereocenters. The van der Waals surface area contributed by atoms with Crippen LogP contribution in [0.25, 0.3) is 0 Å². The zero-order valence-electron chi connectivity index (χ0n) is 23.1. The van der Waals surface area contributed by atoms with Crippen molar-refractivity contribution in [2.75, 3.05) is 6.54 Å². The molecule has 1 aromatic heterocycles. The van der Waals surface area contributed by atoms with Crippen LogP contribution in [0.3, 0.4) is 0 Å². The third-order valence-electron chi connectivity index (χ3n) is 6.52. The van der Waals surface area contributed by atoms with Gasteiger partial charge in [0.05, 0.1) is 12.3 Å². The first kappa shape index (κ1) is 28.0. The Morgan fingerprint density at radius 1 is 1.08 bits per heavy atom. The summed E-state index contributed by atoms with van der Waals surface area (Å²) in [5, 5.41) is 9.15. The van der Waals surface area contributed by atoms with Crippen LogP contribution in [0.5, 0.6) is 5.75 Å². The molecule has 3 aromatic rings. The van der Waals surface area contributed by atoms with E-state index >= 15 is 0 Å². The molecule has 204 valence electrons. The predicted octanol–water partition coefficient (Wildman–Crippen LogP) is 5.99. The smallest absolute Gasteiger partial charge is 0.418 e. The summed E-state index contributed by atoms with van der Waals surface area (Å²) in [6.07, 6.45) is 2.25. The number of aliphatic carboxylic acids is 1. The summed E-state index contributed by atoms with van der Waals surface area (Å²) < 4.78 is 13.2. The van der Waals surface area contributed by atoms with Crippen LogP contribution in [-0.2, 0) is 35.6 Å². The minimum Gasteiger partial charge on any atom is -0.489 e. The van der Waals surface area contributed by atoms with Crippen molar-refractivity contribution in [1.82, 2.24) is 9.47 Å². The highest BCUT2D eigenvalue weighted by Gasteiger charge is 2.25. The highest BCUT2D eigenvalue weighted by Crippen LogP contribution is 2.25.